The van der Waals surface area contributed by atoms with Gasteiger partial charge in [-0.05, 0) is 61.7 Å². The lowest BCUT2D eigenvalue weighted by molar-refractivity contribution is 0.284. The molecule has 4 heteroatoms. The summed E-state index contributed by atoms with van der Waals surface area (Å²) in [6.07, 6.45) is 6.71. The third-order valence-corrected chi connectivity index (χ3v) is 6.80. The molecule has 5 rings (SSSR count). The maximum atomic E-state index is 13.9. The molecule has 1 heterocycles. The minimum Gasteiger partial charge on any atom is -0.331 e. The van der Waals surface area contributed by atoms with Crippen LogP contribution in [0.25, 0.3) is 16.9 Å². The number of rotatable bonds is 1. The van der Waals surface area contributed by atoms with Crippen molar-refractivity contribution in [1.29, 1.82) is 0 Å². The first-order valence-corrected chi connectivity index (χ1v) is 10.6. The van der Waals surface area contributed by atoms with E-state index in [1.165, 1.54) is 24.8 Å². The second kappa shape index (κ2) is 6.56. The van der Waals surface area contributed by atoms with E-state index in [0.717, 1.165) is 47.3 Å². The van der Waals surface area contributed by atoms with Gasteiger partial charge in [-0.2, -0.15) is 0 Å². The molecule has 1 aromatic heterocycles. The molecule has 0 saturated heterocycles. The van der Waals surface area contributed by atoms with Gasteiger partial charge in [0.05, 0.1) is 11.4 Å². The fourth-order valence-electron chi connectivity index (χ4n) is 5.26. The molecule has 0 amide bonds. The first-order chi connectivity index (χ1) is 13.6. The number of nitrogens with zero attached hydrogens (tertiary/aromatic N) is 1. The summed E-state index contributed by atoms with van der Waals surface area (Å²) in [5.41, 5.74) is 6.30. The molecule has 3 nitrogen and oxygen atoms in total. The van der Waals surface area contributed by atoms with Gasteiger partial charge in [-0.3, -0.25) is 9.36 Å². The Morgan fingerprint density at radius 2 is 1.82 bits per heavy atom. The molecule has 2 aliphatic carbocycles. The van der Waals surface area contributed by atoms with Crippen LogP contribution in [0.2, 0.25) is 0 Å². The topological polar surface area (TPSA) is 37.8 Å². The molecule has 0 aliphatic heterocycles. The number of aromatic nitrogens is 2. The maximum Gasteiger partial charge on any atom is 0.263 e. The Kier molecular flexibility index (Phi) is 4.13. The Balaban J connectivity index is 1.85. The molecule has 1 spiro atoms. The van der Waals surface area contributed by atoms with Gasteiger partial charge in [0, 0.05) is 16.5 Å². The largest absolute Gasteiger partial charge is 0.331 e. The van der Waals surface area contributed by atoms with E-state index < -0.39 is 0 Å². The third kappa shape index (κ3) is 2.62. The summed E-state index contributed by atoms with van der Waals surface area (Å²) in [4.78, 5) is 17.4. The van der Waals surface area contributed by atoms with Crippen LogP contribution >= 0.6 is 12.2 Å². The second-order valence-electron chi connectivity index (χ2n) is 8.33. The van der Waals surface area contributed by atoms with Gasteiger partial charge in [-0.25, -0.2) is 0 Å². The summed E-state index contributed by atoms with van der Waals surface area (Å²) >= 11 is 5.68. The zero-order valence-electron chi connectivity index (χ0n) is 16.1. The minimum absolute atomic E-state index is 0.0563. The predicted molar refractivity (Wildman–Crippen MR) is 116 cm³/mol. The summed E-state index contributed by atoms with van der Waals surface area (Å²) < 4.78 is 2.17. The number of nitrogens with one attached hydrogen (secondary N) is 1. The minimum atomic E-state index is -0.0792. The molecule has 3 aromatic rings. The molecule has 0 unspecified atom stereocenters. The van der Waals surface area contributed by atoms with E-state index >= 15 is 0 Å². The molecule has 0 bridgehead atoms. The average molecular weight is 389 g/mol. The SMILES string of the molecule is Cc1cccc(-n2c(=S)[nH]c3c(c2=O)C2(CCCCC2)Cc2ccccc2-3)c1. The van der Waals surface area contributed by atoms with Crippen molar-refractivity contribution in [2.75, 3.05) is 0 Å². The van der Waals surface area contributed by atoms with Crippen LogP contribution in [-0.4, -0.2) is 9.55 Å². The molecule has 0 radical (unpaired) electrons. The number of fused-ring (bicyclic) bond motifs is 4. The number of H-pyrrole nitrogens is 1. The van der Waals surface area contributed by atoms with Crippen LogP contribution in [-0.2, 0) is 11.8 Å². The van der Waals surface area contributed by atoms with Crippen molar-refractivity contribution >= 4 is 12.2 Å². The zero-order valence-corrected chi connectivity index (χ0v) is 16.9. The van der Waals surface area contributed by atoms with Crippen molar-refractivity contribution in [3.8, 4) is 16.9 Å². The van der Waals surface area contributed by atoms with Crippen molar-refractivity contribution in [2.45, 2.75) is 50.9 Å². The average Bonchev–Trinajstić information content (AvgIpc) is 2.68. The Labute approximate surface area is 170 Å². The van der Waals surface area contributed by atoms with Crippen molar-refractivity contribution < 1.29 is 0 Å². The van der Waals surface area contributed by atoms with Gasteiger partial charge in [0.25, 0.3) is 5.56 Å². The standard InChI is InChI=1S/C24H24N2OS/c1-16-8-7-10-18(14-16)26-22(27)20-21(25-23(26)28)19-11-4-3-9-17(19)15-24(20)12-5-2-6-13-24/h3-4,7-11,14H,2,5-6,12-13,15H2,1H3,(H,25,28). The fraction of sp³-hybridized carbons (Fsp3) is 0.333. The lowest BCUT2D eigenvalue weighted by Crippen LogP contribution is -2.42. The van der Waals surface area contributed by atoms with Crippen LogP contribution in [0.5, 0.6) is 0 Å². The van der Waals surface area contributed by atoms with Gasteiger partial charge >= 0.3 is 0 Å². The summed E-state index contributed by atoms with van der Waals surface area (Å²) in [5, 5.41) is 0. The highest BCUT2D eigenvalue weighted by atomic mass is 32.1. The third-order valence-electron chi connectivity index (χ3n) is 6.52. The van der Waals surface area contributed by atoms with Crippen molar-refractivity contribution in [3.05, 3.63) is 80.3 Å². The molecule has 28 heavy (non-hydrogen) atoms. The lowest BCUT2D eigenvalue weighted by atomic mass is 9.62. The molecular weight excluding hydrogens is 364 g/mol. The maximum absolute atomic E-state index is 13.9. The van der Waals surface area contributed by atoms with Crippen LogP contribution in [0.15, 0.2) is 53.3 Å². The van der Waals surface area contributed by atoms with E-state index in [1.807, 2.05) is 37.3 Å². The number of hydrogen-bond donors (Lipinski definition) is 1. The van der Waals surface area contributed by atoms with Crippen LogP contribution in [0.3, 0.4) is 0 Å². The Bertz CT molecular complexity index is 1180. The van der Waals surface area contributed by atoms with Gasteiger partial charge in [0.1, 0.15) is 0 Å². The van der Waals surface area contributed by atoms with Crippen molar-refractivity contribution in [3.63, 3.8) is 0 Å². The normalized spacial score (nSPS) is 17.2. The van der Waals surface area contributed by atoms with Crippen LogP contribution in [0, 0.1) is 11.7 Å². The summed E-state index contributed by atoms with van der Waals surface area (Å²) in [5.74, 6) is 0. The molecule has 1 saturated carbocycles. The number of aromatic amines is 1. The summed E-state index contributed by atoms with van der Waals surface area (Å²) in [7, 11) is 0. The lowest BCUT2D eigenvalue weighted by Gasteiger charge is -2.42. The van der Waals surface area contributed by atoms with Gasteiger partial charge < -0.3 is 4.98 Å². The van der Waals surface area contributed by atoms with Crippen molar-refractivity contribution in [1.82, 2.24) is 9.55 Å². The first kappa shape index (κ1) is 17.6. The van der Waals surface area contributed by atoms with E-state index in [-0.39, 0.29) is 11.0 Å². The molecule has 2 aromatic carbocycles. The Hall–Kier alpha value is -2.46. The Morgan fingerprint density at radius 3 is 2.61 bits per heavy atom. The highest BCUT2D eigenvalue weighted by Crippen LogP contribution is 2.48. The highest BCUT2D eigenvalue weighted by molar-refractivity contribution is 7.71. The molecule has 142 valence electrons. The fourth-order valence-corrected chi connectivity index (χ4v) is 5.55. The number of hydrogen-bond acceptors (Lipinski definition) is 2. The van der Waals surface area contributed by atoms with E-state index in [1.54, 1.807) is 4.57 Å². The molecule has 1 fully saturated rings. The van der Waals surface area contributed by atoms with Gasteiger partial charge in [0.15, 0.2) is 4.77 Å². The molecule has 0 atom stereocenters. The summed E-state index contributed by atoms with van der Waals surface area (Å²) in [6, 6.07) is 16.5. The summed E-state index contributed by atoms with van der Waals surface area (Å²) in [6.45, 7) is 2.04. The van der Waals surface area contributed by atoms with Gasteiger partial charge in [-0.1, -0.05) is 55.7 Å². The van der Waals surface area contributed by atoms with Crippen LogP contribution in [0.4, 0.5) is 0 Å². The predicted octanol–water partition coefficient (Wildman–Crippen LogP) is 5.63. The van der Waals surface area contributed by atoms with E-state index in [0.29, 0.717) is 4.77 Å². The van der Waals surface area contributed by atoms with Crippen molar-refractivity contribution in [2.24, 2.45) is 0 Å². The zero-order chi connectivity index (χ0) is 19.3. The number of benzene rings is 2. The second-order valence-corrected chi connectivity index (χ2v) is 8.72. The molecule has 2 aliphatic rings. The molecule has 1 N–H and O–H groups in total. The van der Waals surface area contributed by atoms with Crippen LogP contribution in [0.1, 0.15) is 48.8 Å². The van der Waals surface area contributed by atoms with E-state index in [9.17, 15) is 4.79 Å². The molecular formula is C24H24N2OS. The quantitative estimate of drug-likeness (QED) is 0.549. The Morgan fingerprint density at radius 1 is 1.04 bits per heavy atom. The van der Waals surface area contributed by atoms with E-state index in [4.69, 9.17) is 12.2 Å². The van der Waals surface area contributed by atoms with Gasteiger partial charge in [0.2, 0.25) is 0 Å². The van der Waals surface area contributed by atoms with E-state index in [2.05, 4.69) is 23.2 Å². The monoisotopic (exact) mass is 388 g/mol. The van der Waals surface area contributed by atoms with Crippen LogP contribution < -0.4 is 5.56 Å². The number of aryl methyl sites for hydroxylation is 1. The highest BCUT2D eigenvalue weighted by Gasteiger charge is 2.42. The first-order valence-electron chi connectivity index (χ1n) is 10.1. The van der Waals surface area contributed by atoms with Gasteiger partial charge in [-0.15, -0.1) is 0 Å². The smallest absolute Gasteiger partial charge is 0.263 e.